The van der Waals surface area contributed by atoms with Crippen LogP contribution in [0.3, 0.4) is 0 Å². The van der Waals surface area contributed by atoms with E-state index >= 15 is 0 Å². The Bertz CT molecular complexity index is 461. The monoisotopic (exact) mass is 235 g/mol. The van der Waals surface area contributed by atoms with Gasteiger partial charge in [0.2, 0.25) is 5.91 Å². The molecule has 0 aromatic carbocycles. The van der Waals surface area contributed by atoms with E-state index in [1.807, 2.05) is 0 Å². The first-order valence-electron chi connectivity index (χ1n) is 5.91. The van der Waals surface area contributed by atoms with E-state index in [9.17, 15) is 9.59 Å². The summed E-state index contributed by atoms with van der Waals surface area (Å²) >= 11 is 0. The highest BCUT2D eigenvalue weighted by Gasteiger charge is 2.17. The number of nitrogens with two attached hydrogens (primary N) is 1. The Morgan fingerprint density at radius 3 is 2.88 bits per heavy atom. The number of aromatic nitrogens is 1. The predicted octanol–water partition coefficient (Wildman–Crippen LogP) is 0.489. The number of carbonyl (C=O) groups is 1. The second-order valence-electron chi connectivity index (χ2n) is 4.45. The third-order valence-corrected chi connectivity index (χ3v) is 3.08. The van der Waals surface area contributed by atoms with Crippen LogP contribution in [0.5, 0.6) is 0 Å². The van der Waals surface area contributed by atoms with Gasteiger partial charge in [0, 0.05) is 12.2 Å². The summed E-state index contributed by atoms with van der Waals surface area (Å²) in [6.07, 6.45) is 5.99. The molecule has 3 N–H and O–H groups in total. The fraction of sp³-hybridized carbons (Fsp3) is 0.500. The average molecular weight is 235 g/mol. The van der Waals surface area contributed by atoms with Gasteiger partial charge in [-0.15, -0.1) is 0 Å². The minimum absolute atomic E-state index is 0.0420. The Kier molecular flexibility index (Phi) is 3.46. The summed E-state index contributed by atoms with van der Waals surface area (Å²) in [7, 11) is 0. The largest absolute Gasteiger partial charge is 0.394 e. The number of nitrogens with one attached hydrogen (secondary N) is 1. The van der Waals surface area contributed by atoms with Gasteiger partial charge in [-0.3, -0.25) is 9.59 Å². The van der Waals surface area contributed by atoms with E-state index in [0.29, 0.717) is 0 Å². The molecular weight excluding hydrogens is 218 g/mol. The van der Waals surface area contributed by atoms with E-state index in [1.165, 1.54) is 23.5 Å². The molecule has 0 saturated heterocycles. The highest BCUT2D eigenvalue weighted by atomic mass is 16.2. The molecule has 1 heterocycles. The molecule has 1 fully saturated rings. The predicted molar refractivity (Wildman–Crippen MR) is 65.5 cm³/mol. The summed E-state index contributed by atoms with van der Waals surface area (Å²) in [5.74, 6) is -0.121. The van der Waals surface area contributed by atoms with Gasteiger partial charge in [-0.05, 0) is 25.0 Å². The zero-order valence-corrected chi connectivity index (χ0v) is 9.69. The van der Waals surface area contributed by atoms with Crippen LogP contribution >= 0.6 is 0 Å². The molecule has 0 radical (unpaired) electrons. The molecule has 0 spiro atoms. The van der Waals surface area contributed by atoms with E-state index < -0.39 is 0 Å². The van der Waals surface area contributed by atoms with Crippen molar-refractivity contribution in [1.29, 1.82) is 0 Å². The van der Waals surface area contributed by atoms with Crippen molar-refractivity contribution in [1.82, 2.24) is 9.88 Å². The average Bonchev–Trinajstić information content (AvgIpc) is 2.77. The number of amides is 1. The Balaban J connectivity index is 1.98. The number of hydrogen-bond acceptors (Lipinski definition) is 3. The first-order valence-corrected chi connectivity index (χ1v) is 5.91. The molecule has 0 atom stereocenters. The lowest BCUT2D eigenvalue weighted by molar-refractivity contribution is -0.122. The first-order chi connectivity index (χ1) is 8.16. The molecule has 0 aliphatic heterocycles. The van der Waals surface area contributed by atoms with Gasteiger partial charge < -0.3 is 15.6 Å². The van der Waals surface area contributed by atoms with Gasteiger partial charge in [-0.2, -0.15) is 0 Å². The molecule has 0 bridgehead atoms. The number of hydrogen-bond donors (Lipinski definition) is 2. The molecule has 1 aliphatic rings. The van der Waals surface area contributed by atoms with E-state index in [4.69, 9.17) is 5.73 Å². The van der Waals surface area contributed by atoms with E-state index in [2.05, 4.69) is 5.32 Å². The maximum absolute atomic E-state index is 11.7. The van der Waals surface area contributed by atoms with Crippen molar-refractivity contribution in [2.45, 2.75) is 38.3 Å². The van der Waals surface area contributed by atoms with E-state index in [-0.39, 0.29) is 29.7 Å². The molecule has 1 saturated carbocycles. The summed E-state index contributed by atoms with van der Waals surface area (Å²) in [5.41, 5.74) is 5.35. The topological polar surface area (TPSA) is 77.1 Å². The second kappa shape index (κ2) is 5.03. The Morgan fingerprint density at radius 1 is 1.47 bits per heavy atom. The minimum Gasteiger partial charge on any atom is -0.394 e. The van der Waals surface area contributed by atoms with Crippen molar-refractivity contribution in [3.63, 3.8) is 0 Å². The normalized spacial score (nSPS) is 16.0. The van der Waals surface area contributed by atoms with Crippen LogP contribution in [0.1, 0.15) is 25.7 Å². The number of carbonyl (C=O) groups excluding carboxylic acids is 1. The van der Waals surface area contributed by atoms with Crippen molar-refractivity contribution in [3.8, 4) is 0 Å². The van der Waals surface area contributed by atoms with Crippen LogP contribution in [0.2, 0.25) is 0 Å². The lowest BCUT2D eigenvalue weighted by Crippen LogP contribution is -2.37. The van der Waals surface area contributed by atoms with Crippen LogP contribution in [-0.4, -0.2) is 16.5 Å². The van der Waals surface area contributed by atoms with Crippen molar-refractivity contribution < 1.29 is 4.79 Å². The Morgan fingerprint density at radius 2 is 2.18 bits per heavy atom. The summed E-state index contributed by atoms with van der Waals surface area (Å²) in [4.78, 5) is 23.3. The molecule has 1 aromatic rings. The van der Waals surface area contributed by atoms with E-state index in [1.54, 1.807) is 12.3 Å². The van der Waals surface area contributed by atoms with Crippen molar-refractivity contribution in [3.05, 3.63) is 28.7 Å². The third-order valence-electron chi connectivity index (χ3n) is 3.08. The van der Waals surface area contributed by atoms with Gasteiger partial charge in [0.1, 0.15) is 6.54 Å². The maximum atomic E-state index is 11.7. The van der Waals surface area contributed by atoms with Crippen LogP contribution in [0.25, 0.3) is 0 Å². The first kappa shape index (κ1) is 11.7. The lowest BCUT2D eigenvalue weighted by Gasteiger charge is -2.12. The Labute approximate surface area is 99.6 Å². The third kappa shape index (κ3) is 2.87. The molecular formula is C12H17N3O2. The SMILES string of the molecule is Nc1cccn(CC(=O)NC2CCCC2)c1=O. The van der Waals surface area contributed by atoms with Gasteiger partial charge in [0.25, 0.3) is 5.56 Å². The number of anilines is 1. The zero-order valence-electron chi connectivity index (χ0n) is 9.69. The molecule has 0 unspecified atom stereocenters. The van der Waals surface area contributed by atoms with Crippen molar-refractivity contribution in [2.24, 2.45) is 0 Å². The van der Waals surface area contributed by atoms with Gasteiger partial charge in [0.15, 0.2) is 0 Å². The molecule has 1 aliphatic carbocycles. The quantitative estimate of drug-likeness (QED) is 0.800. The zero-order chi connectivity index (χ0) is 12.3. The summed E-state index contributed by atoms with van der Waals surface area (Å²) in [6, 6.07) is 3.48. The second-order valence-corrected chi connectivity index (χ2v) is 4.45. The van der Waals surface area contributed by atoms with Gasteiger partial charge in [-0.1, -0.05) is 12.8 Å². The molecule has 17 heavy (non-hydrogen) atoms. The highest BCUT2D eigenvalue weighted by molar-refractivity contribution is 5.76. The summed E-state index contributed by atoms with van der Waals surface area (Å²) < 4.78 is 1.33. The Hall–Kier alpha value is -1.78. The van der Waals surface area contributed by atoms with Crippen molar-refractivity contribution >= 4 is 11.6 Å². The molecule has 5 heteroatoms. The standard InChI is InChI=1S/C12H17N3O2/c13-10-6-3-7-15(12(10)17)8-11(16)14-9-4-1-2-5-9/h3,6-7,9H,1-2,4-5,8,13H2,(H,14,16). The molecule has 92 valence electrons. The molecule has 1 aromatic heterocycles. The van der Waals surface area contributed by atoms with Gasteiger partial charge in [0.05, 0.1) is 5.69 Å². The molecule has 2 rings (SSSR count). The van der Waals surface area contributed by atoms with Crippen LogP contribution in [0.4, 0.5) is 5.69 Å². The fourth-order valence-electron chi connectivity index (χ4n) is 2.18. The van der Waals surface area contributed by atoms with Gasteiger partial charge >= 0.3 is 0 Å². The number of rotatable bonds is 3. The molecule has 1 amide bonds. The van der Waals surface area contributed by atoms with Crippen LogP contribution in [0.15, 0.2) is 23.1 Å². The van der Waals surface area contributed by atoms with Crippen LogP contribution in [0, 0.1) is 0 Å². The minimum atomic E-state index is -0.311. The number of nitrogens with zero attached hydrogens (tertiary/aromatic N) is 1. The number of nitrogen functional groups attached to an aromatic ring is 1. The smallest absolute Gasteiger partial charge is 0.274 e. The summed E-state index contributed by atoms with van der Waals surface area (Å²) in [5, 5.41) is 2.93. The van der Waals surface area contributed by atoms with E-state index in [0.717, 1.165) is 12.8 Å². The summed E-state index contributed by atoms with van der Waals surface area (Å²) in [6.45, 7) is 0.0420. The highest BCUT2D eigenvalue weighted by Crippen LogP contribution is 2.17. The number of pyridine rings is 1. The molecule has 5 nitrogen and oxygen atoms in total. The lowest BCUT2D eigenvalue weighted by atomic mass is 10.2. The van der Waals surface area contributed by atoms with Gasteiger partial charge in [-0.25, -0.2) is 0 Å². The van der Waals surface area contributed by atoms with Crippen LogP contribution < -0.4 is 16.6 Å². The fourth-order valence-corrected chi connectivity index (χ4v) is 2.18. The van der Waals surface area contributed by atoms with Crippen LogP contribution in [-0.2, 0) is 11.3 Å². The van der Waals surface area contributed by atoms with Crippen molar-refractivity contribution in [2.75, 3.05) is 5.73 Å². The maximum Gasteiger partial charge on any atom is 0.274 e.